The van der Waals surface area contributed by atoms with Crippen molar-refractivity contribution in [3.63, 3.8) is 0 Å². The third kappa shape index (κ3) is 3.74. The van der Waals surface area contributed by atoms with E-state index in [1.54, 1.807) is 24.3 Å². The van der Waals surface area contributed by atoms with E-state index < -0.39 is 17.3 Å². The van der Waals surface area contributed by atoms with E-state index in [4.69, 9.17) is 18.9 Å². The minimum Gasteiger partial charge on any atom is -0.504 e. The number of phenols is 2. The number of ketones is 1. The van der Waals surface area contributed by atoms with Gasteiger partial charge in [0.05, 0.1) is 18.8 Å². The first-order chi connectivity index (χ1) is 12.6. The van der Waals surface area contributed by atoms with Crippen LogP contribution in [0.25, 0.3) is 0 Å². The van der Waals surface area contributed by atoms with Crippen LogP contribution >= 0.6 is 0 Å². The number of hydrogen-bond donors (Lipinski definition) is 2. The summed E-state index contributed by atoms with van der Waals surface area (Å²) in [5.41, 5.74) is 0.368. The zero-order valence-corrected chi connectivity index (χ0v) is 13.9. The van der Waals surface area contributed by atoms with Crippen LogP contribution in [0.5, 0.6) is 23.0 Å². The van der Waals surface area contributed by atoms with E-state index in [9.17, 15) is 15.0 Å². The Kier molecular flexibility index (Phi) is 4.40. The van der Waals surface area contributed by atoms with Gasteiger partial charge in [-0.15, -0.1) is 0 Å². The molecule has 0 aliphatic carbocycles. The maximum atomic E-state index is 12.6. The normalized spacial score (nSPS) is 20.5. The van der Waals surface area contributed by atoms with Gasteiger partial charge in [0.15, 0.2) is 17.3 Å². The SMILES string of the molecule is O=C(c1ccc(OCC2CO2)cc1)c1ccc(OCC2CO2)c(O)c1O. The van der Waals surface area contributed by atoms with E-state index in [0.717, 1.165) is 0 Å². The van der Waals surface area contributed by atoms with Crippen LogP contribution in [-0.4, -0.2) is 54.6 Å². The standard InChI is InChI=1S/C19H18O7/c20-17(11-1-3-12(4-2-11)23-7-13-8-24-13)15-5-6-16(19(22)18(15)21)26-10-14-9-25-14/h1-6,13-14,21-22H,7-10H2. The fraction of sp³-hybridized carbons (Fsp3) is 0.316. The van der Waals surface area contributed by atoms with Crippen molar-refractivity contribution in [2.24, 2.45) is 0 Å². The van der Waals surface area contributed by atoms with Crippen LogP contribution in [0.3, 0.4) is 0 Å². The highest BCUT2D eigenvalue weighted by atomic mass is 16.6. The van der Waals surface area contributed by atoms with Gasteiger partial charge in [-0.3, -0.25) is 4.79 Å². The van der Waals surface area contributed by atoms with Crippen LogP contribution in [0.15, 0.2) is 36.4 Å². The molecule has 2 heterocycles. The highest BCUT2D eigenvalue weighted by Crippen LogP contribution is 2.39. The van der Waals surface area contributed by atoms with E-state index in [1.807, 2.05) is 0 Å². The van der Waals surface area contributed by atoms with Gasteiger partial charge in [0.1, 0.15) is 31.2 Å². The number of carbonyl (C=O) groups is 1. The maximum Gasteiger partial charge on any atom is 0.201 e. The molecule has 0 bridgehead atoms. The molecule has 136 valence electrons. The molecule has 2 unspecified atom stereocenters. The average Bonchev–Trinajstić information content (AvgIpc) is 3.55. The van der Waals surface area contributed by atoms with Gasteiger partial charge in [-0.25, -0.2) is 0 Å². The van der Waals surface area contributed by atoms with Crippen molar-refractivity contribution in [2.75, 3.05) is 26.4 Å². The highest BCUT2D eigenvalue weighted by molar-refractivity contribution is 6.11. The Labute approximate surface area is 149 Å². The third-order valence-electron chi connectivity index (χ3n) is 4.14. The second-order valence-corrected chi connectivity index (χ2v) is 6.19. The van der Waals surface area contributed by atoms with Crippen molar-refractivity contribution in [2.45, 2.75) is 12.2 Å². The van der Waals surface area contributed by atoms with Crippen LogP contribution in [0.2, 0.25) is 0 Å². The molecular weight excluding hydrogens is 340 g/mol. The topological polar surface area (TPSA) is 101 Å². The van der Waals surface area contributed by atoms with Gasteiger partial charge < -0.3 is 29.2 Å². The van der Waals surface area contributed by atoms with E-state index in [0.29, 0.717) is 31.1 Å². The van der Waals surface area contributed by atoms with Gasteiger partial charge in [-0.05, 0) is 36.4 Å². The Morgan fingerprint density at radius 2 is 1.54 bits per heavy atom. The van der Waals surface area contributed by atoms with Crippen molar-refractivity contribution >= 4 is 5.78 Å². The molecule has 0 spiro atoms. The van der Waals surface area contributed by atoms with Crippen LogP contribution in [0.1, 0.15) is 15.9 Å². The number of carbonyl (C=O) groups excluding carboxylic acids is 1. The van der Waals surface area contributed by atoms with Crippen LogP contribution in [0.4, 0.5) is 0 Å². The Morgan fingerprint density at radius 3 is 2.15 bits per heavy atom. The first-order valence-corrected chi connectivity index (χ1v) is 8.30. The number of aromatic hydroxyl groups is 2. The van der Waals surface area contributed by atoms with E-state index in [2.05, 4.69) is 0 Å². The number of rotatable bonds is 8. The summed E-state index contributed by atoms with van der Waals surface area (Å²) in [4.78, 5) is 12.6. The van der Waals surface area contributed by atoms with Gasteiger partial charge in [0.25, 0.3) is 0 Å². The lowest BCUT2D eigenvalue weighted by Gasteiger charge is -2.11. The van der Waals surface area contributed by atoms with Crippen LogP contribution in [0, 0.1) is 0 Å². The zero-order chi connectivity index (χ0) is 18.1. The molecular formula is C19H18O7. The monoisotopic (exact) mass is 358 g/mol. The Bertz CT molecular complexity index is 807. The van der Waals surface area contributed by atoms with Crippen molar-refractivity contribution < 1.29 is 34.0 Å². The van der Waals surface area contributed by atoms with Crippen molar-refractivity contribution in [1.82, 2.24) is 0 Å². The van der Waals surface area contributed by atoms with Gasteiger partial charge in [-0.1, -0.05) is 0 Å². The quantitative estimate of drug-likeness (QED) is 0.422. The minimum atomic E-state index is -0.504. The van der Waals surface area contributed by atoms with Crippen molar-refractivity contribution in [3.8, 4) is 23.0 Å². The van der Waals surface area contributed by atoms with Crippen LogP contribution in [-0.2, 0) is 9.47 Å². The number of benzene rings is 2. The van der Waals surface area contributed by atoms with Gasteiger partial charge in [0.2, 0.25) is 5.75 Å². The number of ether oxygens (including phenoxy) is 4. The highest BCUT2D eigenvalue weighted by Gasteiger charge is 2.25. The molecule has 2 N–H and O–H groups in total. The first-order valence-electron chi connectivity index (χ1n) is 8.30. The van der Waals surface area contributed by atoms with E-state index in [-0.39, 0.29) is 30.1 Å². The summed E-state index contributed by atoms with van der Waals surface area (Å²) < 4.78 is 21.0. The molecule has 2 atom stereocenters. The molecule has 2 fully saturated rings. The summed E-state index contributed by atoms with van der Waals surface area (Å²) in [5.74, 6) is -0.626. The molecule has 0 aromatic heterocycles. The largest absolute Gasteiger partial charge is 0.504 e. The molecule has 0 saturated carbocycles. The predicted octanol–water partition coefficient (Wildman–Crippen LogP) is 1.88. The smallest absolute Gasteiger partial charge is 0.201 e. The van der Waals surface area contributed by atoms with E-state index in [1.165, 1.54) is 12.1 Å². The number of phenolic OH excluding ortho intramolecular Hbond substituents is 2. The summed E-state index contributed by atoms with van der Waals surface area (Å²) >= 11 is 0. The lowest BCUT2D eigenvalue weighted by molar-refractivity contribution is 0.103. The molecule has 2 aliphatic rings. The lowest BCUT2D eigenvalue weighted by Crippen LogP contribution is -2.06. The molecule has 0 amide bonds. The molecule has 7 heteroatoms. The summed E-state index contributed by atoms with van der Waals surface area (Å²) in [7, 11) is 0. The molecule has 7 nitrogen and oxygen atoms in total. The maximum absolute atomic E-state index is 12.6. The first kappa shape index (κ1) is 16.7. The zero-order valence-electron chi connectivity index (χ0n) is 13.9. The van der Waals surface area contributed by atoms with E-state index >= 15 is 0 Å². The fourth-order valence-electron chi connectivity index (χ4n) is 2.42. The van der Waals surface area contributed by atoms with Gasteiger partial charge in [-0.2, -0.15) is 0 Å². The molecule has 26 heavy (non-hydrogen) atoms. The molecule has 0 radical (unpaired) electrons. The van der Waals surface area contributed by atoms with Crippen molar-refractivity contribution in [1.29, 1.82) is 0 Å². The predicted molar refractivity (Wildman–Crippen MR) is 90.1 cm³/mol. The molecule has 2 aromatic carbocycles. The number of hydrogen-bond acceptors (Lipinski definition) is 7. The lowest BCUT2D eigenvalue weighted by atomic mass is 10.0. The Hall–Kier alpha value is -2.77. The summed E-state index contributed by atoms with van der Waals surface area (Å²) in [6, 6.07) is 9.46. The minimum absolute atomic E-state index is 0.00225. The van der Waals surface area contributed by atoms with Gasteiger partial charge in [0, 0.05) is 5.56 Å². The van der Waals surface area contributed by atoms with Crippen molar-refractivity contribution in [3.05, 3.63) is 47.5 Å². The fourth-order valence-corrected chi connectivity index (χ4v) is 2.42. The Morgan fingerprint density at radius 1 is 0.923 bits per heavy atom. The number of epoxide rings is 2. The third-order valence-corrected chi connectivity index (χ3v) is 4.14. The summed E-state index contributed by atoms with van der Waals surface area (Å²) in [5, 5.41) is 20.3. The second-order valence-electron chi connectivity index (χ2n) is 6.19. The molecule has 4 rings (SSSR count). The Balaban J connectivity index is 1.46. The molecule has 2 aromatic rings. The summed E-state index contributed by atoms with van der Waals surface area (Å²) in [6.07, 6.45) is 0.175. The van der Waals surface area contributed by atoms with Crippen LogP contribution < -0.4 is 9.47 Å². The molecule has 2 saturated heterocycles. The summed E-state index contributed by atoms with van der Waals surface area (Å²) in [6.45, 7) is 2.10. The molecule has 2 aliphatic heterocycles. The second kappa shape index (κ2) is 6.86. The van der Waals surface area contributed by atoms with Gasteiger partial charge >= 0.3 is 0 Å². The average molecular weight is 358 g/mol.